The number of hydrogen-bond acceptors (Lipinski definition) is 16. The molecule has 0 rings (SSSR count). The first-order valence-electron chi connectivity index (χ1n) is 7.84. The van der Waals surface area contributed by atoms with Crippen molar-refractivity contribution in [1.29, 1.82) is 31.6 Å². The molecule has 0 radical (unpaired) electrons. The first-order chi connectivity index (χ1) is 14.9. The number of thiocyanates is 6. The highest BCUT2D eigenvalue weighted by molar-refractivity contribution is 8.98. The lowest BCUT2D eigenvalue weighted by Gasteiger charge is -2.21. The molecule has 0 saturated heterocycles. The molecule has 0 aliphatic carbocycles. The van der Waals surface area contributed by atoms with Gasteiger partial charge in [-0.3, -0.25) is 0 Å². The molecule has 0 unspecified atom stereocenters. The van der Waals surface area contributed by atoms with E-state index in [1.807, 2.05) is 35.3 Å². The smallest absolute Gasteiger partial charge is 0.239 e. The Morgan fingerprint density at radius 2 is 0.774 bits per heavy atom. The topological polar surface area (TPSA) is 143 Å². The predicted molar refractivity (Wildman–Crippen MR) is 163 cm³/mol. The van der Waals surface area contributed by atoms with Crippen LogP contribution in [0.25, 0.3) is 0 Å². The molecule has 150 valence electrons. The Balaban J connectivity index is 5.60. The molecule has 6 nitrogen and oxygen atoms in total. The van der Waals surface area contributed by atoms with Crippen LogP contribution in [0.15, 0.2) is 0 Å². The largest absolute Gasteiger partial charge is 0.363 e. The van der Waals surface area contributed by atoms with Crippen LogP contribution in [0.3, 0.4) is 0 Å². The van der Waals surface area contributed by atoms with Crippen molar-refractivity contribution in [3.63, 3.8) is 0 Å². The quantitative estimate of drug-likeness (QED) is 0.181. The van der Waals surface area contributed by atoms with Crippen LogP contribution in [-0.4, -0.2) is 37.0 Å². The molecule has 0 bridgehead atoms. The van der Waals surface area contributed by atoms with Gasteiger partial charge in [0.1, 0.15) is 39.5 Å². The van der Waals surface area contributed by atoms with E-state index >= 15 is 0 Å². The lowest BCUT2D eigenvalue weighted by Crippen LogP contribution is -2.34. The van der Waals surface area contributed by atoms with E-state index in [4.69, 9.17) is 31.6 Å². The minimum absolute atomic E-state index is 0.0213. The average molecular weight is 584 g/mol. The Bertz CT molecular complexity index is 693. The first kappa shape index (κ1) is 31.9. The third kappa shape index (κ3) is 17.1. The molecular formula is C8H7B7N6S10. The first-order valence-corrected chi connectivity index (χ1v) is 16.9. The number of nitriles is 6. The summed E-state index contributed by atoms with van der Waals surface area (Å²) < 4.78 is -0.667. The molecular weight excluding hydrogens is 576 g/mol. The van der Waals surface area contributed by atoms with Gasteiger partial charge in [-0.05, 0) is 0 Å². The molecule has 0 aromatic heterocycles. The molecule has 0 heterocycles. The lowest BCUT2D eigenvalue weighted by molar-refractivity contribution is 1.57. The SMILES string of the molecule is CB(SC#N)SB(BB(SB(SC#N)SC#N)SB(SC#N)SC#N)SB(C)SC#N. The summed E-state index contributed by atoms with van der Waals surface area (Å²) in [5, 5.41) is 66.5. The maximum Gasteiger partial charge on any atom is 0.363 e. The normalized spacial score (nSPS) is 8.77. The van der Waals surface area contributed by atoms with Crippen LogP contribution in [-0.2, 0) is 0 Å². The highest BCUT2D eigenvalue weighted by Crippen LogP contribution is 2.40. The second-order valence-electron chi connectivity index (χ2n) is 4.61. The van der Waals surface area contributed by atoms with E-state index in [0.29, 0.717) is 7.06 Å². The Labute approximate surface area is 227 Å². The maximum atomic E-state index is 9.07. The van der Waals surface area contributed by atoms with Gasteiger partial charge in [0.2, 0.25) is 10.3 Å². The van der Waals surface area contributed by atoms with Crippen molar-refractivity contribution in [2.75, 3.05) is 0 Å². The monoisotopic (exact) mass is 584 g/mol. The average Bonchev–Trinajstić information content (AvgIpc) is 2.69. The van der Waals surface area contributed by atoms with Crippen LogP contribution in [0, 0.1) is 64.0 Å². The number of nitrogens with zero attached hydrogens (tertiary/aromatic N) is 6. The summed E-state index contributed by atoms with van der Waals surface area (Å²) in [4.78, 5) is 0. The Morgan fingerprint density at radius 1 is 0.484 bits per heavy atom. The standard InChI is InChI=1S/C8H7B7N6S10/c1-10(22-3-16)28-12(29-11(2)23-4-17)9-13(30-14(24-5-18)25-6-19)31-15(26-7-20)27-8-21/h9H,1-2H3. The van der Waals surface area contributed by atoms with Gasteiger partial charge in [-0.2, -0.15) is 31.6 Å². The van der Waals surface area contributed by atoms with E-state index in [9.17, 15) is 0 Å². The summed E-state index contributed by atoms with van der Waals surface area (Å²) in [5.41, 5.74) is 0. The second kappa shape index (κ2) is 21.4. The van der Waals surface area contributed by atoms with Crippen molar-refractivity contribution in [2.24, 2.45) is 0 Å². The van der Waals surface area contributed by atoms with Crippen LogP contribution in [0.4, 0.5) is 0 Å². The fourth-order valence-electron chi connectivity index (χ4n) is 1.65. The van der Waals surface area contributed by atoms with Crippen molar-refractivity contribution >= 4 is 153 Å². The third-order valence-corrected chi connectivity index (χ3v) is 14.1. The molecule has 0 N–H and O–H groups in total. The fraction of sp³-hybridized carbons (Fsp3) is 0.250. The van der Waals surface area contributed by atoms with Crippen LogP contribution >= 0.6 is 116 Å². The zero-order valence-electron chi connectivity index (χ0n) is 15.9. The summed E-state index contributed by atoms with van der Waals surface area (Å²) >= 11 is 12.5. The van der Waals surface area contributed by atoms with Crippen molar-refractivity contribution in [2.45, 2.75) is 13.6 Å². The Morgan fingerprint density at radius 3 is 1.06 bits per heavy atom. The third-order valence-electron chi connectivity index (χ3n) is 2.63. The van der Waals surface area contributed by atoms with Crippen LogP contribution in [0.2, 0.25) is 13.6 Å². The highest BCUT2D eigenvalue weighted by Gasteiger charge is 2.36. The zero-order valence-corrected chi connectivity index (χ0v) is 24.1. The van der Waals surface area contributed by atoms with Gasteiger partial charge in [-0.15, -0.1) is 0 Å². The molecule has 0 atom stereocenters. The lowest BCUT2D eigenvalue weighted by atomic mass is 9.35. The van der Waals surface area contributed by atoms with Crippen molar-refractivity contribution in [1.82, 2.24) is 0 Å². The molecule has 0 spiro atoms. The number of hydrogen-bond donors (Lipinski definition) is 0. The zero-order chi connectivity index (χ0) is 23.5. The van der Waals surface area contributed by atoms with Crippen molar-refractivity contribution in [3.05, 3.63) is 0 Å². The predicted octanol–water partition coefficient (Wildman–Crippen LogP) is 4.82. The van der Waals surface area contributed by atoms with Gasteiger partial charge >= 0.3 is 9.10 Å². The van der Waals surface area contributed by atoms with E-state index in [1.165, 1.54) is 46.2 Å². The summed E-state index contributed by atoms with van der Waals surface area (Å²) in [5.74, 6) is 0. The Kier molecular flexibility index (Phi) is 22.0. The van der Waals surface area contributed by atoms with Crippen LogP contribution in [0.1, 0.15) is 0 Å². The van der Waals surface area contributed by atoms with Gasteiger partial charge in [0.25, 0.3) is 10.5 Å². The highest BCUT2D eigenvalue weighted by atomic mass is 32.3. The summed E-state index contributed by atoms with van der Waals surface area (Å²) in [6.45, 7) is 3.90. The molecule has 0 saturated carbocycles. The Hall–Kier alpha value is 0.895. The molecule has 23 heteroatoms. The van der Waals surface area contributed by atoms with Gasteiger partial charge in [0.15, 0.2) is 0 Å². The summed E-state index contributed by atoms with van der Waals surface area (Å²) in [7, 11) is 0.639. The number of rotatable bonds is 16. The van der Waals surface area contributed by atoms with E-state index in [2.05, 4.69) is 10.8 Å². The van der Waals surface area contributed by atoms with Gasteiger partial charge in [0, 0.05) is 0 Å². The summed E-state index contributed by atoms with van der Waals surface area (Å²) in [6, 6.07) is 0. The van der Waals surface area contributed by atoms with Gasteiger partial charge in [0.05, 0.1) is 0 Å². The van der Waals surface area contributed by atoms with E-state index in [-0.39, 0.29) is 30.0 Å². The van der Waals surface area contributed by atoms with Crippen molar-refractivity contribution < 1.29 is 0 Å². The van der Waals surface area contributed by atoms with Crippen LogP contribution in [0.5, 0.6) is 0 Å². The molecule has 0 fully saturated rings. The van der Waals surface area contributed by atoms with E-state index < -0.39 is 0 Å². The minimum Gasteiger partial charge on any atom is -0.239 e. The maximum absolute atomic E-state index is 9.07. The van der Waals surface area contributed by atoms with E-state index in [1.54, 1.807) is 22.9 Å². The van der Waals surface area contributed by atoms with Gasteiger partial charge < -0.3 is 0 Å². The molecule has 0 aliphatic heterocycles. The van der Waals surface area contributed by atoms with Crippen LogP contribution < -0.4 is 0 Å². The molecule has 0 aromatic rings. The molecule has 31 heavy (non-hydrogen) atoms. The molecule has 0 aromatic carbocycles. The fourth-order valence-corrected chi connectivity index (χ4v) is 14.2. The summed E-state index contributed by atoms with van der Waals surface area (Å²) in [6.07, 6.45) is 0. The van der Waals surface area contributed by atoms with Gasteiger partial charge in [-0.25, -0.2) is 45.9 Å². The minimum atomic E-state index is -0.334. The van der Waals surface area contributed by atoms with Gasteiger partial charge in [-0.1, -0.05) is 83.3 Å². The molecule has 0 aliphatic rings. The van der Waals surface area contributed by atoms with E-state index in [0.717, 1.165) is 46.5 Å². The molecule has 0 amide bonds. The van der Waals surface area contributed by atoms with Crippen molar-refractivity contribution in [3.8, 4) is 32.4 Å². The second-order valence-corrected chi connectivity index (χ2v) is 19.1.